The zero-order valence-corrected chi connectivity index (χ0v) is 13.0. The molecule has 1 N–H and O–H groups in total. The van der Waals surface area contributed by atoms with Crippen LogP contribution in [0.5, 0.6) is 0 Å². The minimum Gasteiger partial charge on any atom is -0.312 e. The molecule has 0 aliphatic carbocycles. The van der Waals surface area contributed by atoms with Crippen molar-refractivity contribution in [3.63, 3.8) is 0 Å². The van der Waals surface area contributed by atoms with Crippen molar-refractivity contribution in [2.24, 2.45) is 5.92 Å². The van der Waals surface area contributed by atoms with Crippen LogP contribution in [0.4, 0.5) is 0 Å². The van der Waals surface area contributed by atoms with Crippen molar-refractivity contribution in [1.29, 1.82) is 0 Å². The van der Waals surface area contributed by atoms with E-state index in [2.05, 4.69) is 60.5 Å². The van der Waals surface area contributed by atoms with Gasteiger partial charge in [-0.2, -0.15) is 0 Å². The third-order valence-electron chi connectivity index (χ3n) is 2.94. The Labute approximate surface area is 126 Å². The molecule has 1 heterocycles. The fourth-order valence-electron chi connectivity index (χ4n) is 1.90. The van der Waals surface area contributed by atoms with Crippen LogP contribution in [0, 0.1) is 5.92 Å². The Bertz CT molecular complexity index is 511. The first-order valence-corrected chi connectivity index (χ1v) is 8.04. The highest BCUT2D eigenvalue weighted by Gasteiger charge is 1.99. The standard InChI is InChI=1S/C17H22N2S/c1-14(2)11-19-12-16-4-3-5-17(10-16)20-13-15-6-8-18-9-7-15/h3-10,14,19H,11-13H2,1-2H3. The number of thioether (sulfide) groups is 1. The number of benzene rings is 1. The van der Waals surface area contributed by atoms with Gasteiger partial charge in [0.2, 0.25) is 0 Å². The molecule has 0 saturated heterocycles. The lowest BCUT2D eigenvalue weighted by Gasteiger charge is -2.09. The zero-order chi connectivity index (χ0) is 14.2. The van der Waals surface area contributed by atoms with Crippen LogP contribution >= 0.6 is 11.8 Å². The number of pyridine rings is 1. The number of aromatic nitrogens is 1. The van der Waals surface area contributed by atoms with E-state index in [-0.39, 0.29) is 0 Å². The van der Waals surface area contributed by atoms with Gasteiger partial charge in [-0.05, 0) is 47.9 Å². The van der Waals surface area contributed by atoms with Crippen molar-refractivity contribution in [2.45, 2.75) is 31.0 Å². The van der Waals surface area contributed by atoms with Gasteiger partial charge in [-0.15, -0.1) is 11.8 Å². The van der Waals surface area contributed by atoms with Crippen LogP contribution in [0.1, 0.15) is 25.0 Å². The molecule has 2 aromatic rings. The monoisotopic (exact) mass is 286 g/mol. The summed E-state index contributed by atoms with van der Waals surface area (Å²) in [6.07, 6.45) is 3.70. The molecule has 2 nitrogen and oxygen atoms in total. The van der Waals surface area contributed by atoms with Crippen LogP contribution in [0.25, 0.3) is 0 Å². The number of hydrogen-bond donors (Lipinski definition) is 1. The van der Waals surface area contributed by atoms with Crippen molar-refractivity contribution in [1.82, 2.24) is 10.3 Å². The summed E-state index contributed by atoms with van der Waals surface area (Å²) < 4.78 is 0. The first-order chi connectivity index (χ1) is 9.74. The van der Waals surface area contributed by atoms with Crippen molar-refractivity contribution < 1.29 is 0 Å². The van der Waals surface area contributed by atoms with Crippen LogP contribution in [0.3, 0.4) is 0 Å². The Hall–Kier alpha value is -1.32. The molecule has 0 aliphatic heterocycles. The van der Waals surface area contributed by atoms with Crippen LogP contribution in [0.2, 0.25) is 0 Å². The Morgan fingerprint density at radius 1 is 1.10 bits per heavy atom. The van der Waals surface area contributed by atoms with E-state index in [1.807, 2.05) is 24.2 Å². The average Bonchev–Trinajstić information content (AvgIpc) is 2.46. The first kappa shape index (κ1) is 15.1. The third-order valence-corrected chi connectivity index (χ3v) is 4.00. The molecular weight excluding hydrogens is 264 g/mol. The second kappa shape index (κ2) is 8.08. The van der Waals surface area contributed by atoms with Crippen molar-refractivity contribution in [2.75, 3.05) is 6.54 Å². The summed E-state index contributed by atoms with van der Waals surface area (Å²) in [5.41, 5.74) is 2.67. The van der Waals surface area contributed by atoms with Gasteiger partial charge < -0.3 is 5.32 Å². The summed E-state index contributed by atoms with van der Waals surface area (Å²) in [6, 6.07) is 12.9. The van der Waals surface area contributed by atoms with E-state index in [1.165, 1.54) is 16.0 Å². The molecule has 20 heavy (non-hydrogen) atoms. The van der Waals surface area contributed by atoms with E-state index in [4.69, 9.17) is 0 Å². The molecule has 1 aromatic heterocycles. The fourth-order valence-corrected chi connectivity index (χ4v) is 2.83. The summed E-state index contributed by atoms with van der Waals surface area (Å²) >= 11 is 1.87. The van der Waals surface area contributed by atoms with Gasteiger partial charge in [0.15, 0.2) is 0 Å². The van der Waals surface area contributed by atoms with Crippen molar-refractivity contribution in [3.8, 4) is 0 Å². The molecule has 0 fully saturated rings. The maximum atomic E-state index is 4.04. The summed E-state index contributed by atoms with van der Waals surface area (Å²) in [5, 5.41) is 3.48. The Kier molecular flexibility index (Phi) is 6.09. The van der Waals surface area contributed by atoms with E-state index >= 15 is 0 Å². The molecule has 0 atom stereocenters. The van der Waals surface area contributed by atoms with Gasteiger partial charge in [-0.1, -0.05) is 26.0 Å². The first-order valence-electron chi connectivity index (χ1n) is 7.05. The maximum Gasteiger partial charge on any atom is 0.0270 e. The molecule has 0 saturated carbocycles. The number of hydrogen-bond acceptors (Lipinski definition) is 3. The highest BCUT2D eigenvalue weighted by atomic mass is 32.2. The SMILES string of the molecule is CC(C)CNCc1cccc(SCc2ccncc2)c1. The lowest BCUT2D eigenvalue weighted by atomic mass is 10.2. The molecule has 0 amide bonds. The second-order valence-corrected chi connectivity index (χ2v) is 6.37. The molecular formula is C17H22N2S. The van der Waals surface area contributed by atoms with Gasteiger partial charge in [0.25, 0.3) is 0 Å². The molecule has 0 unspecified atom stereocenters. The highest BCUT2D eigenvalue weighted by Crippen LogP contribution is 2.23. The number of rotatable bonds is 7. The van der Waals surface area contributed by atoms with Gasteiger partial charge >= 0.3 is 0 Å². The predicted octanol–water partition coefficient (Wildman–Crippen LogP) is 4.12. The fraction of sp³-hybridized carbons (Fsp3) is 0.353. The minimum absolute atomic E-state index is 0.694. The predicted molar refractivity (Wildman–Crippen MR) is 86.8 cm³/mol. The second-order valence-electron chi connectivity index (χ2n) is 5.32. The largest absolute Gasteiger partial charge is 0.312 e. The van der Waals surface area contributed by atoms with Gasteiger partial charge in [0, 0.05) is 29.6 Å². The third kappa shape index (κ3) is 5.35. The van der Waals surface area contributed by atoms with Crippen LogP contribution in [-0.4, -0.2) is 11.5 Å². The summed E-state index contributed by atoms with van der Waals surface area (Å²) in [7, 11) is 0. The van der Waals surface area contributed by atoms with Gasteiger partial charge in [0.1, 0.15) is 0 Å². The molecule has 0 aliphatic rings. The molecule has 0 bridgehead atoms. The maximum absolute atomic E-state index is 4.04. The van der Waals surface area contributed by atoms with E-state index < -0.39 is 0 Å². The summed E-state index contributed by atoms with van der Waals surface area (Å²) in [5.74, 6) is 1.69. The topological polar surface area (TPSA) is 24.9 Å². The van der Waals surface area contributed by atoms with Crippen LogP contribution in [-0.2, 0) is 12.3 Å². The van der Waals surface area contributed by atoms with E-state index in [1.54, 1.807) is 0 Å². The van der Waals surface area contributed by atoms with Crippen molar-refractivity contribution >= 4 is 11.8 Å². The van der Waals surface area contributed by atoms with Gasteiger partial charge in [-0.3, -0.25) is 4.98 Å². The Morgan fingerprint density at radius 2 is 1.90 bits per heavy atom. The van der Waals surface area contributed by atoms with E-state index in [0.29, 0.717) is 5.92 Å². The van der Waals surface area contributed by atoms with E-state index in [0.717, 1.165) is 18.8 Å². The lowest BCUT2D eigenvalue weighted by Crippen LogP contribution is -2.18. The normalized spacial score (nSPS) is 10.9. The van der Waals surface area contributed by atoms with E-state index in [9.17, 15) is 0 Å². The Morgan fingerprint density at radius 3 is 2.65 bits per heavy atom. The molecule has 106 valence electrons. The van der Waals surface area contributed by atoms with Crippen LogP contribution in [0.15, 0.2) is 53.7 Å². The lowest BCUT2D eigenvalue weighted by molar-refractivity contribution is 0.552. The summed E-state index contributed by atoms with van der Waals surface area (Å²) in [6.45, 7) is 6.47. The smallest absolute Gasteiger partial charge is 0.0270 e. The molecule has 2 rings (SSSR count). The molecule has 1 aromatic carbocycles. The number of nitrogens with one attached hydrogen (secondary N) is 1. The molecule has 0 spiro atoms. The van der Waals surface area contributed by atoms with Gasteiger partial charge in [0.05, 0.1) is 0 Å². The van der Waals surface area contributed by atoms with Gasteiger partial charge in [-0.25, -0.2) is 0 Å². The highest BCUT2D eigenvalue weighted by molar-refractivity contribution is 7.98. The zero-order valence-electron chi connectivity index (χ0n) is 12.2. The molecule has 3 heteroatoms. The quantitative estimate of drug-likeness (QED) is 0.775. The van der Waals surface area contributed by atoms with Crippen molar-refractivity contribution in [3.05, 3.63) is 59.9 Å². The number of nitrogens with zero attached hydrogens (tertiary/aromatic N) is 1. The minimum atomic E-state index is 0.694. The molecule has 0 radical (unpaired) electrons. The Balaban J connectivity index is 1.86. The van der Waals surface area contributed by atoms with Crippen LogP contribution < -0.4 is 5.32 Å². The average molecular weight is 286 g/mol. The summed E-state index contributed by atoms with van der Waals surface area (Å²) in [4.78, 5) is 5.37.